The molecule has 9 heteroatoms. The zero-order chi connectivity index (χ0) is 21.9. The van der Waals surface area contributed by atoms with Crippen molar-refractivity contribution >= 4 is 29.5 Å². The second kappa shape index (κ2) is 12.2. The van der Waals surface area contributed by atoms with E-state index in [0.717, 1.165) is 51.4 Å². The fourth-order valence-corrected chi connectivity index (χ4v) is 3.38. The van der Waals surface area contributed by atoms with E-state index in [0.29, 0.717) is 29.2 Å². The van der Waals surface area contributed by atoms with Crippen LogP contribution in [0.1, 0.15) is 28.8 Å². The molecule has 0 radical (unpaired) electrons. The van der Waals surface area contributed by atoms with E-state index in [9.17, 15) is 9.90 Å². The Morgan fingerprint density at radius 3 is 2.94 bits per heavy atom. The van der Waals surface area contributed by atoms with E-state index in [4.69, 9.17) is 16.3 Å². The standard InChI is InChI=1S/C22H28ClN5O3/c23-19-5-4-17(20(29)16-19)3-1-8-26-27-22(30)18-6-9-25-21(15-18)24-7-2-10-28-11-13-31-14-12-28/h4-6,8-9,15-16,29H,1-3,7,10-14H2,(H,24,25)(H,27,30). The average molecular weight is 446 g/mol. The molecule has 1 aliphatic heterocycles. The summed E-state index contributed by atoms with van der Waals surface area (Å²) in [6, 6.07) is 8.37. The predicted octanol–water partition coefficient (Wildman–Crippen LogP) is 2.92. The molecule has 1 aromatic carbocycles. The number of anilines is 1. The minimum atomic E-state index is -0.302. The molecule has 0 atom stereocenters. The molecule has 8 nitrogen and oxygen atoms in total. The van der Waals surface area contributed by atoms with Gasteiger partial charge in [-0.15, -0.1) is 0 Å². The zero-order valence-corrected chi connectivity index (χ0v) is 18.1. The number of rotatable bonds is 10. The summed E-state index contributed by atoms with van der Waals surface area (Å²) in [4.78, 5) is 19.0. The smallest absolute Gasteiger partial charge is 0.271 e. The molecule has 166 valence electrons. The van der Waals surface area contributed by atoms with Gasteiger partial charge in [0.15, 0.2) is 0 Å². The third kappa shape index (κ3) is 7.82. The van der Waals surface area contributed by atoms with E-state index >= 15 is 0 Å². The number of ether oxygens (including phenoxy) is 1. The van der Waals surface area contributed by atoms with Crippen LogP contribution in [0.25, 0.3) is 0 Å². The number of nitrogens with one attached hydrogen (secondary N) is 2. The van der Waals surface area contributed by atoms with Crippen LogP contribution in [0.5, 0.6) is 5.75 Å². The number of aromatic hydroxyl groups is 1. The molecule has 1 aromatic heterocycles. The zero-order valence-electron chi connectivity index (χ0n) is 17.4. The maximum absolute atomic E-state index is 12.3. The lowest BCUT2D eigenvalue weighted by Crippen LogP contribution is -2.37. The van der Waals surface area contributed by atoms with E-state index in [1.54, 1.807) is 36.7 Å². The molecule has 0 unspecified atom stereocenters. The van der Waals surface area contributed by atoms with E-state index in [1.165, 1.54) is 6.07 Å². The van der Waals surface area contributed by atoms with Crippen molar-refractivity contribution < 1.29 is 14.6 Å². The van der Waals surface area contributed by atoms with E-state index < -0.39 is 0 Å². The van der Waals surface area contributed by atoms with Gasteiger partial charge in [0.1, 0.15) is 11.6 Å². The highest BCUT2D eigenvalue weighted by atomic mass is 35.5. The number of carbonyl (C=O) groups excluding carboxylic acids is 1. The number of nitrogens with zero attached hydrogens (tertiary/aromatic N) is 3. The monoisotopic (exact) mass is 445 g/mol. The second-order valence-electron chi connectivity index (χ2n) is 7.23. The molecule has 2 heterocycles. The molecule has 31 heavy (non-hydrogen) atoms. The van der Waals surface area contributed by atoms with E-state index in [-0.39, 0.29) is 11.7 Å². The summed E-state index contributed by atoms with van der Waals surface area (Å²) >= 11 is 5.82. The minimum Gasteiger partial charge on any atom is -0.508 e. The number of hydrogen-bond acceptors (Lipinski definition) is 7. The molecule has 1 saturated heterocycles. The van der Waals surface area contributed by atoms with Crippen molar-refractivity contribution in [3.8, 4) is 5.75 Å². The molecule has 0 saturated carbocycles. The van der Waals surface area contributed by atoms with Crippen LogP contribution >= 0.6 is 11.6 Å². The van der Waals surface area contributed by atoms with Crippen LogP contribution in [0, 0.1) is 0 Å². The Hall–Kier alpha value is -2.68. The van der Waals surface area contributed by atoms with Crippen molar-refractivity contribution in [1.29, 1.82) is 0 Å². The van der Waals surface area contributed by atoms with Crippen LogP contribution in [0.15, 0.2) is 41.6 Å². The summed E-state index contributed by atoms with van der Waals surface area (Å²) in [5.41, 5.74) is 3.78. The topological polar surface area (TPSA) is 99.1 Å². The highest BCUT2D eigenvalue weighted by molar-refractivity contribution is 6.30. The van der Waals surface area contributed by atoms with Crippen LogP contribution in [0.2, 0.25) is 5.02 Å². The molecule has 0 bridgehead atoms. The fraction of sp³-hybridized carbons (Fsp3) is 0.409. The Morgan fingerprint density at radius 2 is 2.13 bits per heavy atom. The number of phenols is 1. The lowest BCUT2D eigenvalue weighted by Gasteiger charge is -2.26. The van der Waals surface area contributed by atoms with Crippen molar-refractivity contribution in [2.24, 2.45) is 5.10 Å². The summed E-state index contributed by atoms with van der Waals surface area (Å²) in [7, 11) is 0. The van der Waals surface area contributed by atoms with Crippen molar-refractivity contribution in [3.63, 3.8) is 0 Å². The fourth-order valence-electron chi connectivity index (χ4n) is 3.21. The third-order valence-corrected chi connectivity index (χ3v) is 5.17. The lowest BCUT2D eigenvalue weighted by molar-refractivity contribution is 0.0378. The summed E-state index contributed by atoms with van der Waals surface area (Å²) in [6.07, 6.45) is 5.37. The summed E-state index contributed by atoms with van der Waals surface area (Å²) in [5.74, 6) is 0.521. The molecule has 0 aliphatic carbocycles. The molecule has 1 amide bonds. The van der Waals surface area contributed by atoms with E-state index in [2.05, 4.69) is 25.7 Å². The maximum atomic E-state index is 12.3. The molecule has 3 N–H and O–H groups in total. The number of aryl methyl sites for hydroxylation is 1. The first-order valence-corrected chi connectivity index (χ1v) is 10.8. The van der Waals surface area contributed by atoms with Crippen molar-refractivity contribution in [2.45, 2.75) is 19.3 Å². The Labute approximate surface area is 187 Å². The predicted molar refractivity (Wildman–Crippen MR) is 122 cm³/mol. The van der Waals surface area contributed by atoms with Gasteiger partial charge in [-0.2, -0.15) is 5.10 Å². The Balaban J connectivity index is 1.38. The highest BCUT2D eigenvalue weighted by Gasteiger charge is 2.10. The SMILES string of the molecule is O=C(NN=CCCc1ccc(Cl)cc1O)c1ccnc(NCCCN2CCOCC2)c1. The summed E-state index contributed by atoms with van der Waals surface area (Å²) in [6.45, 7) is 5.37. The number of phenolic OH excluding ortho intramolecular Hbond substituents is 1. The number of hydrazone groups is 1. The van der Waals surface area contributed by atoms with Crippen LogP contribution in [-0.2, 0) is 11.2 Å². The lowest BCUT2D eigenvalue weighted by atomic mass is 10.1. The largest absolute Gasteiger partial charge is 0.508 e. The van der Waals surface area contributed by atoms with E-state index in [1.807, 2.05) is 0 Å². The second-order valence-corrected chi connectivity index (χ2v) is 7.66. The average Bonchev–Trinajstić information content (AvgIpc) is 2.78. The molecular formula is C22H28ClN5O3. The third-order valence-electron chi connectivity index (χ3n) is 4.93. The van der Waals surface area contributed by atoms with Gasteiger partial charge in [0.25, 0.3) is 5.91 Å². The van der Waals surface area contributed by atoms with Gasteiger partial charge in [-0.3, -0.25) is 9.69 Å². The van der Waals surface area contributed by atoms with Gasteiger partial charge in [-0.05, 0) is 55.6 Å². The number of aromatic nitrogens is 1. The van der Waals surface area contributed by atoms with Crippen LogP contribution in [0.4, 0.5) is 5.82 Å². The van der Waals surface area contributed by atoms with Gasteiger partial charge in [-0.25, -0.2) is 10.4 Å². The van der Waals surface area contributed by atoms with Gasteiger partial charge in [-0.1, -0.05) is 17.7 Å². The Morgan fingerprint density at radius 1 is 1.29 bits per heavy atom. The molecule has 2 aromatic rings. The number of halogens is 1. The molecular weight excluding hydrogens is 418 g/mol. The molecule has 0 spiro atoms. The minimum absolute atomic E-state index is 0.159. The van der Waals surface area contributed by atoms with Gasteiger partial charge in [0.05, 0.1) is 13.2 Å². The maximum Gasteiger partial charge on any atom is 0.271 e. The Bertz CT molecular complexity index is 887. The molecule has 1 fully saturated rings. The van der Waals surface area contributed by atoms with Gasteiger partial charge in [0.2, 0.25) is 0 Å². The van der Waals surface area contributed by atoms with Gasteiger partial charge >= 0.3 is 0 Å². The number of morpholine rings is 1. The van der Waals surface area contributed by atoms with Gasteiger partial charge in [0, 0.05) is 42.6 Å². The quantitative estimate of drug-likeness (QED) is 0.295. The number of hydrogen-bond donors (Lipinski definition) is 3. The first kappa shape index (κ1) is 23.0. The summed E-state index contributed by atoms with van der Waals surface area (Å²) < 4.78 is 5.35. The highest BCUT2D eigenvalue weighted by Crippen LogP contribution is 2.22. The van der Waals surface area contributed by atoms with Gasteiger partial charge < -0.3 is 15.2 Å². The molecule has 3 rings (SSSR count). The normalized spacial score (nSPS) is 14.6. The number of carbonyl (C=O) groups is 1. The number of pyridine rings is 1. The van der Waals surface area contributed by atoms with Crippen LogP contribution in [-0.4, -0.2) is 66.5 Å². The van der Waals surface area contributed by atoms with Crippen molar-refractivity contribution in [2.75, 3.05) is 44.7 Å². The van der Waals surface area contributed by atoms with Crippen LogP contribution < -0.4 is 10.7 Å². The number of benzene rings is 1. The first-order chi connectivity index (χ1) is 15.1. The summed E-state index contributed by atoms with van der Waals surface area (Å²) in [5, 5.41) is 17.6. The van der Waals surface area contributed by atoms with Crippen molar-refractivity contribution in [1.82, 2.24) is 15.3 Å². The molecule has 1 aliphatic rings. The Kier molecular flexibility index (Phi) is 9.08. The number of amides is 1. The van der Waals surface area contributed by atoms with Crippen molar-refractivity contribution in [3.05, 3.63) is 52.7 Å². The first-order valence-electron chi connectivity index (χ1n) is 10.4. The van der Waals surface area contributed by atoms with Crippen LogP contribution in [0.3, 0.4) is 0 Å².